The van der Waals surface area contributed by atoms with Crippen molar-refractivity contribution in [3.05, 3.63) is 7.05 Å². The zero-order valence-electron chi connectivity index (χ0n) is 7.67. The first-order valence-corrected chi connectivity index (χ1v) is 4.16. The van der Waals surface area contributed by atoms with E-state index in [-0.39, 0.29) is 11.4 Å². The van der Waals surface area contributed by atoms with Crippen LogP contribution in [-0.4, -0.2) is 31.1 Å². The first-order chi connectivity index (χ1) is 5.58. The molecule has 12 heavy (non-hydrogen) atoms. The molecule has 0 atom stereocenters. The highest BCUT2D eigenvalue weighted by atomic mass is 16.5. The average molecular weight is 169 g/mol. The van der Waals surface area contributed by atoms with E-state index in [1.165, 1.54) is 7.11 Å². The fourth-order valence-corrected chi connectivity index (χ4v) is 1.47. The SMILES string of the molecule is [CH]N1CCC(C)(C(=O)OC)CC1. The van der Waals surface area contributed by atoms with Crippen LogP contribution in [0.5, 0.6) is 0 Å². The summed E-state index contributed by atoms with van der Waals surface area (Å²) in [6.45, 7) is 3.48. The molecule has 1 saturated heterocycles. The highest BCUT2D eigenvalue weighted by Gasteiger charge is 2.36. The number of hydrogen-bond donors (Lipinski definition) is 0. The van der Waals surface area contributed by atoms with Gasteiger partial charge >= 0.3 is 5.97 Å². The van der Waals surface area contributed by atoms with Gasteiger partial charge in [-0.2, -0.15) is 0 Å². The monoisotopic (exact) mass is 169 g/mol. The van der Waals surface area contributed by atoms with E-state index in [1.807, 2.05) is 6.92 Å². The smallest absolute Gasteiger partial charge is 0.311 e. The van der Waals surface area contributed by atoms with Crippen molar-refractivity contribution >= 4 is 5.97 Å². The second kappa shape index (κ2) is 3.44. The van der Waals surface area contributed by atoms with Gasteiger partial charge in [-0.15, -0.1) is 0 Å². The molecule has 0 aliphatic carbocycles. The summed E-state index contributed by atoms with van der Waals surface area (Å²) in [6.07, 6.45) is 1.58. The summed E-state index contributed by atoms with van der Waals surface area (Å²) in [4.78, 5) is 13.1. The van der Waals surface area contributed by atoms with Crippen molar-refractivity contribution in [2.75, 3.05) is 20.2 Å². The standard InChI is InChI=1S/C9H15NO2/c1-9(8(11)12-3)4-6-10(2)7-5-9/h2H,4-7H2,1,3H3. The lowest BCUT2D eigenvalue weighted by molar-refractivity contribution is -0.154. The largest absolute Gasteiger partial charge is 0.469 e. The van der Waals surface area contributed by atoms with Gasteiger partial charge < -0.3 is 4.74 Å². The maximum Gasteiger partial charge on any atom is 0.311 e. The highest BCUT2D eigenvalue weighted by molar-refractivity contribution is 5.76. The van der Waals surface area contributed by atoms with E-state index < -0.39 is 0 Å². The zero-order valence-corrected chi connectivity index (χ0v) is 7.67. The third-order valence-corrected chi connectivity index (χ3v) is 2.58. The molecule has 0 saturated carbocycles. The van der Waals surface area contributed by atoms with Crippen LogP contribution in [0.3, 0.4) is 0 Å². The molecule has 0 amide bonds. The summed E-state index contributed by atoms with van der Waals surface area (Å²) < 4.78 is 4.73. The number of rotatable bonds is 1. The molecule has 0 bridgehead atoms. The molecule has 2 radical (unpaired) electrons. The Morgan fingerprint density at radius 1 is 1.50 bits per heavy atom. The van der Waals surface area contributed by atoms with Crippen LogP contribution in [-0.2, 0) is 9.53 Å². The van der Waals surface area contributed by atoms with Crippen molar-refractivity contribution in [1.29, 1.82) is 0 Å². The van der Waals surface area contributed by atoms with Gasteiger partial charge in [0.05, 0.1) is 12.5 Å². The number of carbonyl (C=O) groups excluding carboxylic acids is 1. The summed E-state index contributed by atoms with van der Waals surface area (Å²) in [5.74, 6) is -0.115. The third-order valence-electron chi connectivity index (χ3n) is 2.58. The van der Waals surface area contributed by atoms with E-state index in [4.69, 9.17) is 11.8 Å². The minimum atomic E-state index is -0.315. The molecule has 1 aliphatic rings. The Morgan fingerprint density at radius 2 is 2.00 bits per heavy atom. The van der Waals surface area contributed by atoms with Crippen LogP contribution in [0.25, 0.3) is 0 Å². The molecule has 1 fully saturated rings. The molecular formula is C9H15NO2. The van der Waals surface area contributed by atoms with Crippen LogP contribution in [0, 0.1) is 12.5 Å². The lowest BCUT2D eigenvalue weighted by Crippen LogP contribution is -2.40. The summed E-state index contributed by atoms with van der Waals surface area (Å²) in [7, 11) is 7.01. The summed E-state index contributed by atoms with van der Waals surface area (Å²) in [5, 5.41) is 0. The molecule has 1 heterocycles. The Kier molecular flexibility index (Phi) is 2.73. The molecule has 68 valence electrons. The van der Waals surface area contributed by atoms with E-state index in [0.29, 0.717) is 0 Å². The van der Waals surface area contributed by atoms with Crippen molar-refractivity contribution < 1.29 is 9.53 Å². The first kappa shape index (κ1) is 9.52. The first-order valence-electron chi connectivity index (χ1n) is 4.16. The van der Waals surface area contributed by atoms with Gasteiger partial charge in [-0.1, -0.05) is 0 Å². The normalized spacial score (nSPS) is 23.6. The molecular weight excluding hydrogens is 154 g/mol. The predicted octanol–water partition coefficient (Wildman–Crippen LogP) is 0.930. The quantitative estimate of drug-likeness (QED) is 0.547. The topological polar surface area (TPSA) is 29.5 Å². The summed E-state index contributed by atoms with van der Waals surface area (Å²) in [5.41, 5.74) is -0.315. The Hall–Kier alpha value is -0.570. The molecule has 3 nitrogen and oxygen atoms in total. The lowest BCUT2D eigenvalue weighted by Gasteiger charge is -2.34. The molecule has 0 aromatic carbocycles. The fraction of sp³-hybridized carbons (Fsp3) is 0.778. The van der Waals surface area contributed by atoms with E-state index in [2.05, 4.69) is 0 Å². The Labute approximate surface area is 73.7 Å². The predicted molar refractivity (Wildman–Crippen MR) is 45.2 cm³/mol. The Balaban J connectivity index is 2.55. The molecule has 0 spiro atoms. The maximum atomic E-state index is 11.3. The third kappa shape index (κ3) is 1.78. The van der Waals surface area contributed by atoms with E-state index in [9.17, 15) is 4.79 Å². The lowest BCUT2D eigenvalue weighted by atomic mass is 9.80. The van der Waals surface area contributed by atoms with Crippen LogP contribution in [0.15, 0.2) is 0 Å². The van der Waals surface area contributed by atoms with E-state index >= 15 is 0 Å². The van der Waals surface area contributed by atoms with Gasteiger partial charge in [0.2, 0.25) is 0 Å². The van der Waals surface area contributed by atoms with Gasteiger partial charge in [0.25, 0.3) is 0 Å². The second-order valence-electron chi connectivity index (χ2n) is 3.59. The van der Waals surface area contributed by atoms with E-state index in [0.717, 1.165) is 25.9 Å². The minimum absolute atomic E-state index is 0.115. The average Bonchev–Trinajstić information content (AvgIpc) is 2.09. The van der Waals surface area contributed by atoms with Gasteiger partial charge in [0.15, 0.2) is 0 Å². The number of carbonyl (C=O) groups is 1. The van der Waals surface area contributed by atoms with E-state index in [1.54, 1.807) is 4.90 Å². The Morgan fingerprint density at radius 3 is 2.42 bits per heavy atom. The number of methoxy groups -OCH3 is 1. The number of ether oxygens (including phenoxy) is 1. The number of piperidine rings is 1. The Bertz CT molecular complexity index is 171. The van der Waals surface area contributed by atoms with Crippen molar-refractivity contribution in [1.82, 2.24) is 4.90 Å². The highest BCUT2D eigenvalue weighted by Crippen LogP contribution is 2.31. The van der Waals surface area contributed by atoms with Crippen LogP contribution < -0.4 is 0 Å². The summed E-state index contributed by atoms with van der Waals surface area (Å²) in [6, 6.07) is 0. The zero-order chi connectivity index (χ0) is 9.19. The molecule has 0 unspecified atom stereocenters. The number of likely N-dealkylation sites (tertiary alicyclic amines) is 1. The van der Waals surface area contributed by atoms with Crippen molar-refractivity contribution in [3.63, 3.8) is 0 Å². The van der Waals surface area contributed by atoms with Gasteiger partial charge in [-0.05, 0) is 32.9 Å². The van der Waals surface area contributed by atoms with Crippen molar-refractivity contribution in [2.24, 2.45) is 5.41 Å². The molecule has 1 rings (SSSR count). The van der Waals surface area contributed by atoms with Gasteiger partial charge in [-0.3, -0.25) is 9.69 Å². The molecule has 3 heteroatoms. The summed E-state index contributed by atoms with van der Waals surface area (Å²) >= 11 is 0. The number of nitrogens with zero attached hydrogens (tertiary/aromatic N) is 1. The van der Waals surface area contributed by atoms with Crippen molar-refractivity contribution in [2.45, 2.75) is 19.8 Å². The van der Waals surface area contributed by atoms with Crippen molar-refractivity contribution in [3.8, 4) is 0 Å². The molecule has 1 aliphatic heterocycles. The van der Waals surface area contributed by atoms with Gasteiger partial charge in [0, 0.05) is 7.05 Å². The van der Waals surface area contributed by atoms with Crippen LogP contribution >= 0.6 is 0 Å². The van der Waals surface area contributed by atoms with Gasteiger partial charge in [-0.25, -0.2) is 0 Å². The molecule has 0 N–H and O–H groups in total. The van der Waals surface area contributed by atoms with Gasteiger partial charge in [0.1, 0.15) is 0 Å². The number of esters is 1. The number of hydrogen-bond acceptors (Lipinski definition) is 3. The van der Waals surface area contributed by atoms with Crippen LogP contribution in [0.2, 0.25) is 0 Å². The molecule has 0 aromatic heterocycles. The fourth-order valence-electron chi connectivity index (χ4n) is 1.47. The minimum Gasteiger partial charge on any atom is -0.469 e. The maximum absolute atomic E-state index is 11.3. The molecule has 0 aromatic rings. The second-order valence-corrected chi connectivity index (χ2v) is 3.59. The van der Waals surface area contributed by atoms with Crippen LogP contribution in [0.4, 0.5) is 0 Å². The van der Waals surface area contributed by atoms with Crippen LogP contribution in [0.1, 0.15) is 19.8 Å².